The third kappa shape index (κ3) is 3.37. The number of benzene rings is 2. The number of fused-ring (bicyclic) bond motifs is 1. The summed E-state index contributed by atoms with van der Waals surface area (Å²) < 4.78 is 0.964. The molecule has 0 saturated carbocycles. The maximum Gasteiger partial charge on any atom is 0.211 e. The topological polar surface area (TPSA) is 93.8 Å². The normalized spacial score (nSPS) is 10.7. The number of nitrogen functional groups attached to an aromatic ring is 1. The fourth-order valence-electron chi connectivity index (χ4n) is 2.92. The van der Waals surface area contributed by atoms with E-state index in [-0.39, 0.29) is 0 Å². The largest absolute Gasteiger partial charge is 0.383 e. The third-order valence-corrected chi connectivity index (χ3v) is 4.67. The van der Waals surface area contributed by atoms with E-state index >= 15 is 0 Å². The highest BCUT2D eigenvalue weighted by molar-refractivity contribution is 9.10. The molecule has 0 unspecified atom stereocenters. The number of carbonyl (C=O) groups excluding carboxylic acids is 1. The van der Waals surface area contributed by atoms with Gasteiger partial charge < -0.3 is 11.1 Å². The number of carbonyl (C=O) groups is 1. The standard InChI is InChI=1S/C20H14BrN5O/c21-14-3-1-2-13(8-14)16-9-17(12-4-6-15(7-5-12)25-11-27)26-20-18(16)19(22)23-10-24-20/h1-11H,(H,25,27)(H2,22,23,24,26). The SMILES string of the molecule is Nc1ncnc2nc(-c3ccc(NC=O)cc3)cc(-c3cccc(Br)c3)c12. The van der Waals surface area contributed by atoms with Crippen molar-refractivity contribution in [3.63, 3.8) is 0 Å². The lowest BCUT2D eigenvalue weighted by Gasteiger charge is -2.11. The summed E-state index contributed by atoms with van der Waals surface area (Å²) in [6, 6.07) is 17.4. The lowest BCUT2D eigenvalue weighted by atomic mass is 10.00. The molecule has 0 fully saturated rings. The minimum absolute atomic E-state index is 0.388. The molecule has 4 aromatic rings. The van der Waals surface area contributed by atoms with Crippen molar-refractivity contribution < 1.29 is 4.79 Å². The average molecular weight is 420 g/mol. The van der Waals surface area contributed by atoms with Crippen molar-refractivity contribution in [2.75, 3.05) is 11.1 Å². The second-order valence-electron chi connectivity index (χ2n) is 5.86. The first kappa shape index (κ1) is 17.1. The van der Waals surface area contributed by atoms with Gasteiger partial charge in [-0.1, -0.05) is 40.2 Å². The summed E-state index contributed by atoms with van der Waals surface area (Å²) in [6.45, 7) is 0. The summed E-state index contributed by atoms with van der Waals surface area (Å²) in [4.78, 5) is 23.7. The highest BCUT2D eigenvalue weighted by Gasteiger charge is 2.14. The summed E-state index contributed by atoms with van der Waals surface area (Å²) in [6.07, 6.45) is 2.06. The first-order valence-corrected chi connectivity index (χ1v) is 8.93. The second-order valence-corrected chi connectivity index (χ2v) is 6.78. The predicted molar refractivity (Wildman–Crippen MR) is 110 cm³/mol. The van der Waals surface area contributed by atoms with Gasteiger partial charge in [-0.05, 0) is 41.5 Å². The van der Waals surface area contributed by atoms with E-state index < -0.39 is 0 Å². The van der Waals surface area contributed by atoms with E-state index in [9.17, 15) is 4.79 Å². The molecular formula is C20H14BrN5O. The molecule has 0 radical (unpaired) electrons. The van der Waals surface area contributed by atoms with Crippen LogP contribution in [0.15, 0.2) is 65.4 Å². The number of rotatable bonds is 4. The number of aromatic nitrogens is 3. The molecule has 1 amide bonds. The summed E-state index contributed by atoms with van der Waals surface area (Å²) in [5, 5.41) is 3.34. The van der Waals surface area contributed by atoms with E-state index in [2.05, 4.69) is 36.2 Å². The smallest absolute Gasteiger partial charge is 0.211 e. The Morgan fingerprint density at radius 2 is 1.81 bits per heavy atom. The van der Waals surface area contributed by atoms with Gasteiger partial charge in [-0.3, -0.25) is 4.79 Å². The quantitative estimate of drug-likeness (QED) is 0.481. The van der Waals surface area contributed by atoms with E-state index in [4.69, 9.17) is 5.73 Å². The highest BCUT2D eigenvalue weighted by Crippen LogP contribution is 2.34. The Morgan fingerprint density at radius 3 is 2.56 bits per heavy atom. The van der Waals surface area contributed by atoms with E-state index in [1.54, 1.807) is 0 Å². The molecule has 27 heavy (non-hydrogen) atoms. The predicted octanol–water partition coefficient (Wildman–Crippen LogP) is 4.27. The minimum Gasteiger partial charge on any atom is -0.383 e. The van der Waals surface area contributed by atoms with Crippen LogP contribution in [0.25, 0.3) is 33.4 Å². The number of amides is 1. The van der Waals surface area contributed by atoms with Crippen LogP contribution in [0.2, 0.25) is 0 Å². The van der Waals surface area contributed by atoms with Gasteiger partial charge in [0.1, 0.15) is 12.1 Å². The van der Waals surface area contributed by atoms with Gasteiger partial charge >= 0.3 is 0 Å². The Hall–Kier alpha value is -3.32. The maximum atomic E-state index is 10.6. The molecule has 0 bridgehead atoms. The first-order chi connectivity index (χ1) is 13.2. The van der Waals surface area contributed by atoms with Crippen LogP contribution in [-0.2, 0) is 4.79 Å². The van der Waals surface area contributed by atoms with Crippen molar-refractivity contribution in [2.45, 2.75) is 0 Å². The lowest BCUT2D eigenvalue weighted by molar-refractivity contribution is -0.105. The number of hydrogen-bond donors (Lipinski definition) is 2. The van der Waals surface area contributed by atoms with Gasteiger partial charge in [0.05, 0.1) is 11.1 Å². The zero-order valence-corrected chi connectivity index (χ0v) is 15.6. The number of anilines is 2. The molecule has 6 nitrogen and oxygen atoms in total. The van der Waals surface area contributed by atoms with Crippen LogP contribution in [0, 0.1) is 0 Å². The molecule has 0 aliphatic heterocycles. The molecular weight excluding hydrogens is 406 g/mol. The van der Waals surface area contributed by atoms with E-state index in [1.807, 2.05) is 54.6 Å². The third-order valence-electron chi connectivity index (χ3n) is 4.18. The van der Waals surface area contributed by atoms with Gasteiger partial charge in [-0.2, -0.15) is 0 Å². The molecule has 0 spiro atoms. The molecule has 7 heteroatoms. The van der Waals surface area contributed by atoms with Crippen molar-refractivity contribution in [1.29, 1.82) is 0 Å². The molecule has 0 aliphatic carbocycles. The van der Waals surface area contributed by atoms with Crippen LogP contribution in [0.1, 0.15) is 0 Å². The zero-order valence-electron chi connectivity index (χ0n) is 14.1. The number of halogens is 1. The Balaban J connectivity index is 1.94. The number of pyridine rings is 1. The van der Waals surface area contributed by atoms with E-state index in [0.717, 1.165) is 32.2 Å². The van der Waals surface area contributed by atoms with Gasteiger partial charge in [0.2, 0.25) is 6.41 Å². The summed E-state index contributed by atoms with van der Waals surface area (Å²) >= 11 is 3.51. The van der Waals surface area contributed by atoms with E-state index in [0.29, 0.717) is 23.6 Å². The minimum atomic E-state index is 0.388. The van der Waals surface area contributed by atoms with Crippen LogP contribution in [0.5, 0.6) is 0 Å². The number of hydrogen-bond acceptors (Lipinski definition) is 5. The van der Waals surface area contributed by atoms with Gasteiger partial charge in [0, 0.05) is 15.7 Å². The molecule has 0 atom stereocenters. The van der Waals surface area contributed by atoms with E-state index in [1.165, 1.54) is 6.33 Å². The molecule has 3 N–H and O–H groups in total. The fourth-order valence-corrected chi connectivity index (χ4v) is 3.32. The molecule has 2 aromatic carbocycles. The Kier molecular flexibility index (Phi) is 4.52. The Morgan fingerprint density at radius 1 is 1.00 bits per heavy atom. The highest BCUT2D eigenvalue weighted by atomic mass is 79.9. The Bertz CT molecular complexity index is 1140. The molecule has 2 aromatic heterocycles. The summed E-state index contributed by atoms with van der Waals surface area (Å²) in [5.74, 6) is 0.388. The van der Waals surface area contributed by atoms with Gasteiger partial charge in [-0.25, -0.2) is 15.0 Å². The molecule has 4 rings (SSSR count). The van der Waals surface area contributed by atoms with Crippen LogP contribution in [0.4, 0.5) is 11.5 Å². The van der Waals surface area contributed by atoms with Gasteiger partial charge in [0.15, 0.2) is 5.65 Å². The number of nitrogens with zero attached hydrogens (tertiary/aromatic N) is 3. The lowest BCUT2D eigenvalue weighted by Crippen LogP contribution is -1.99. The van der Waals surface area contributed by atoms with Crippen molar-refractivity contribution in [1.82, 2.24) is 15.0 Å². The molecule has 0 saturated heterocycles. The van der Waals surface area contributed by atoms with Gasteiger partial charge in [0.25, 0.3) is 0 Å². The maximum absolute atomic E-state index is 10.6. The number of nitrogens with one attached hydrogen (secondary N) is 1. The van der Waals surface area contributed by atoms with Crippen LogP contribution in [0.3, 0.4) is 0 Å². The molecule has 132 valence electrons. The molecule has 0 aliphatic rings. The Labute approximate surface area is 163 Å². The van der Waals surface area contributed by atoms with Crippen molar-refractivity contribution in [2.24, 2.45) is 0 Å². The average Bonchev–Trinajstić information content (AvgIpc) is 2.68. The van der Waals surface area contributed by atoms with Crippen molar-refractivity contribution in [3.05, 3.63) is 65.4 Å². The first-order valence-electron chi connectivity index (χ1n) is 8.13. The van der Waals surface area contributed by atoms with Crippen molar-refractivity contribution in [3.8, 4) is 22.4 Å². The monoisotopic (exact) mass is 419 g/mol. The van der Waals surface area contributed by atoms with Gasteiger partial charge in [-0.15, -0.1) is 0 Å². The summed E-state index contributed by atoms with van der Waals surface area (Å²) in [5.41, 5.74) is 10.9. The molecule has 2 heterocycles. The second kappa shape index (κ2) is 7.13. The zero-order chi connectivity index (χ0) is 18.8. The number of nitrogens with two attached hydrogens (primary N) is 1. The fraction of sp³-hybridized carbons (Fsp3) is 0. The van der Waals surface area contributed by atoms with Crippen LogP contribution < -0.4 is 11.1 Å². The summed E-state index contributed by atoms with van der Waals surface area (Å²) in [7, 11) is 0. The van der Waals surface area contributed by atoms with Crippen LogP contribution in [-0.4, -0.2) is 21.4 Å². The van der Waals surface area contributed by atoms with Crippen LogP contribution >= 0.6 is 15.9 Å². The van der Waals surface area contributed by atoms with Crippen molar-refractivity contribution >= 4 is 44.9 Å².